The first kappa shape index (κ1) is 20.8. The summed E-state index contributed by atoms with van der Waals surface area (Å²) in [6.07, 6.45) is 2.06. The predicted molar refractivity (Wildman–Crippen MR) is 115 cm³/mol. The van der Waals surface area contributed by atoms with Gasteiger partial charge >= 0.3 is 0 Å². The zero-order chi connectivity index (χ0) is 20.5. The fourth-order valence-electron chi connectivity index (χ4n) is 2.58. The monoisotopic (exact) mass is 435 g/mol. The van der Waals surface area contributed by atoms with E-state index in [1.54, 1.807) is 29.5 Å². The summed E-state index contributed by atoms with van der Waals surface area (Å²) in [6.45, 7) is 8.97. The Morgan fingerprint density at radius 1 is 1.36 bits per heavy atom. The number of rotatable bonds is 4. The van der Waals surface area contributed by atoms with Gasteiger partial charge in [0.1, 0.15) is 5.75 Å². The Morgan fingerprint density at radius 2 is 2.11 bits per heavy atom. The summed E-state index contributed by atoms with van der Waals surface area (Å²) < 4.78 is 7.28. The minimum Gasteiger partial charge on any atom is -0.496 e. The van der Waals surface area contributed by atoms with Gasteiger partial charge < -0.3 is 9.30 Å². The van der Waals surface area contributed by atoms with Crippen molar-refractivity contribution in [3.63, 3.8) is 0 Å². The molecule has 3 rings (SSSR count). The van der Waals surface area contributed by atoms with Gasteiger partial charge in [0, 0.05) is 21.5 Å². The SMILES string of the molecule is COc1ccc(Cl)cc1C(=O)N=c1sc(C(C)(C)C)cn1Cc1csc(C)n1. The molecule has 0 saturated carbocycles. The number of nitrogens with zero attached hydrogens (tertiary/aromatic N) is 3. The van der Waals surface area contributed by atoms with Crippen molar-refractivity contribution in [1.82, 2.24) is 9.55 Å². The maximum Gasteiger partial charge on any atom is 0.283 e. The molecular formula is C20H22ClN3O2S2. The molecule has 2 heterocycles. The lowest BCUT2D eigenvalue weighted by atomic mass is 9.95. The van der Waals surface area contributed by atoms with Crippen molar-refractivity contribution in [2.75, 3.05) is 7.11 Å². The smallest absolute Gasteiger partial charge is 0.283 e. The summed E-state index contributed by atoms with van der Waals surface area (Å²) in [5.74, 6) is 0.0669. The number of methoxy groups -OCH3 is 1. The Labute approximate surface area is 177 Å². The first-order valence-electron chi connectivity index (χ1n) is 8.71. The molecular weight excluding hydrogens is 414 g/mol. The van der Waals surface area contributed by atoms with E-state index in [9.17, 15) is 4.79 Å². The number of amides is 1. The van der Waals surface area contributed by atoms with Crippen LogP contribution in [-0.2, 0) is 12.0 Å². The number of carbonyl (C=O) groups excluding carboxylic acids is 1. The highest BCUT2D eigenvalue weighted by atomic mass is 35.5. The Balaban J connectivity index is 2.07. The van der Waals surface area contributed by atoms with Gasteiger partial charge in [0.15, 0.2) is 4.80 Å². The van der Waals surface area contributed by atoms with Crippen molar-refractivity contribution in [2.45, 2.75) is 39.7 Å². The summed E-state index contributed by atoms with van der Waals surface area (Å²) in [5, 5.41) is 3.51. The van der Waals surface area contributed by atoms with Crippen LogP contribution in [0.4, 0.5) is 0 Å². The van der Waals surface area contributed by atoms with Crippen LogP contribution in [0.3, 0.4) is 0 Å². The Bertz CT molecular complexity index is 1070. The first-order chi connectivity index (χ1) is 13.2. The second-order valence-corrected chi connectivity index (χ2v) is 9.88. The number of hydrogen-bond donors (Lipinski definition) is 0. The largest absolute Gasteiger partial charge is 0.496 e. The van der Waals surface area contributed by atoms with Gasteiger partial charge in [0.2, 0.25) is 0 Å². The van der Waals surface area contributed by atoms with E-state index in [-0.39, 0.29) is 11.3 Å². The van der Waals surface area contributed by atoms with Crippen molar-refractivity contribution >= 4 is 40.2 Å². The highest BCUT2D eigenvalue weighted by molar-refractivity contribution is 7.09. The van der Waals surface area contributed by atoms with Crippen molar-refractivity contribution in [3.8, 4) is 5.75 Å². The Kier molecular flexibility index (Phi) is 6.07. The predicted octanol–water partition coefficient (Wildman–Crippen LogP) is 5.06. The molecule has 2 aromatic heterocycles. The summed E-state index contributed by atoms with van der Waals surface area (Å²) in [6, 6.07) is 4.94. The minimum atomic E-state index is -0.384. The third kappa shape index (κ3) is 4.71. The van der Waals surface area contributed by atoms with Gasteiger partial charge in [-0.3, -0.25) is 4.79 Å². The molecule has 0 spiro atoms. The molecule has 0 unspecified atom stereocenters. The van der Waals surface area contributed by atoms with Gasteiger partial charge in [-0.05, 0) is 30.5 Å². The van der Waals surface area contributed by atoms with E-state index in [0.717, 1.165) is 15.6 Å². The number of ether oxygens (including phenoxy) is 1. The number of hydrogen-bond acceptors (Lipinski definition) is 5. The molecule has 1 amide bonds. The molecule has 0 saturated heterocycles. The standard InChI is InChI=1S/C20H22ClN3O2S2/c1-12-22-14(11-27-12)9-24-10-17(20(2,3)4)28-19(24)23-18(25)15-8-13(21)6-7-16(15)26-5/h6-8,10-11H,9H2,1-5H3. The van der Waals surface area contributed by atoms with E-state index in [2.05, 4.69) is 36.9 Å². The number of benzene rings is 1. The van der Waals surface area contributed by atoms with Crippen LogP contribution in [0.5, 0.6) is 5.75 Å². The molecule has 0 radical (unpaired) electrons. The first-order valence-corrected chi connectivity index (χ1v) is 10.8. The average molecular weight is 436 g/mol. The average Bonchev–Trinajstić information content (AvgIpc) is 3.21. The van der Waals surface area contributed by atoms with Gasteiger partial charge in [-0.25, -0.2) is 4.98 Å². The van der Waals surface area contributed by atoms with Crippen LogP contribution in [0.15, 0.2) is 34.8 Å². The molecule has 148 valence electrons. The van der Waals surface area contributed by atoms with E-state index in [0.29, 0.717) is 27.7 Å². The third-order valence-corrected chi connectivity index (χ3v) is 6.55. The van der Waals surface area contributed by atoms with Crippen LogP contribution in [0.25, 0.3) is 0 Å². The lowest BCUT2D eigenvalue weighted by Crippen LogP contribution is -2.17. The van der Waals surface area contributed by atoms with E-state index >= 15 is 0 Å². The second-order valence-electron chi connectivity index (χ2n) is 7.38. The maximum atomic E-state index is 12.9. The topological polar surface area (TPSA) is 56.5 Å². The second kappa shape index (κ2) is 8.19. The molecule has 0 aliphatic rings. The van der Waals surface area contributed by atoms with Gasteiger partial charge in [-0.15, -0.1) is 22.7 Å². The van der Waals surface area contributed by atoms with Crippen LogP contribution in [0.1, 0.15) is 46.7 Å². The van der Waals surface area contributed by atoms with Gasteiger partial charge in [0.25, 0.3) is 5.91 Å². The van der Waals surface area contributed by atoms with E-state index in [4.69, 9.17) is 16.3 Å². The van der Waals surface area contributed by atoms with E-state index < -0.39 is 0 Å². The van der Waals surface area contributed by atoms with E-state index in [1.807, 2.05) is 16.9 Å². The summed E-state index contributed by atoms with van der Waals surface area (Å²) >= 11 is 9.19. The highest BCUT2D eigenvalue weighted by Crippen LogP contribution is 2.26. The normalized spacial score (nSPS) is 12.4. The van der Waals surface area contributed by atoms with Crippen LogP contribution >= 0.6 is 34.3 Å². The summed E-state index contributed by atoms with van der Waals surface area (Å²) in [4.78, 5) is 23.6. The molecule has 1 aromatic carbocycles. The number of halogens is 1. The van der Waals surface area contributed by atoms with Crippen molar-refractivity contribution in [1.29, 1.82) is 0 Å². The molecule has 0 aliphatic carbocycles. The highest BCUT2D eigenvalue weighted by Gasteiger charge is 2.19. The van der Waals surface area contributed by atoms with Gasteiger partial charge in [0.05, 0.1) is 29.9 Å². The van der Waals surface area contributed by atoms with Crippen molar-refractivity contribution in [2.24, 2.45) is 4.99 Å². The minimum absolute atomic E-state index is 0.0467. The lowest BCUT2D eigenvalue weighted by Gasteiger charge is -2.14. The maximum absolute atomic E-state index is 12.9. The van der Waals surface area contributed by atoms with Crippen molar-refractivity contribution in [3.05, 3.63) is 60.7 Å². The number of carbonyl (C=O) groups is 1. The fraction of sp³-hybridized carbons (Fsp3) is 0.350. The number of thiazole rings is 2. The Morgan fingerprint density at radius 3 is 2.71 bits per heavy atom. The van der Waals surface area contributed by atoms with Crippen molar-refractivity contribution < 1.29 is 9.53 Å². The van der Waals surface area contributed by atoms with Gasteiger partial charge in [-0.2, -0.15) is 4.99 Å². The number of aryl methyl sites for hydroxylation is 1. The molecule has 0 fully saturated rings. The molecule has 3 aromatic rings. The molecule has 0 bridgehead atoms. The molecule has 8 heteroatoms. The third-order valence-electron chi connectivity index (χ3n) is 4.05. The Hall–Kier alpha value is -1.96. The zero-order valence-corrected chi connectivity index (χ0v) is 18.8. The summed E-state index contributed by atoms with van der Waals surface area (Å²) in [5.41, 5.74) is 1.25. The van der Waals surface area contributed by atoms with Crippen LogP contribution in [0, 0.1) is 6.92 Å². The molecule has 28 heavy (non-hydrogen) atoms. The zero-order valence-electron chi connectivity index (χ0n) is 16.4. The van der Waals surface area contributed by atoms with Crippen LogP contribution in [-0.4, -0.2) is 22.6 Å². The quantitative estimate of drug-likeness (QED) is 0.575. The lowest BCUT2D eigenvalue weighted by molar-refractivity contribution is 0.0995. The molecule has 5 nitrogen and oxygen atoms in total. The fourth-order valence-corrected chi connectivity index (χ4v) is 4.40. The summed E-state index contributed by atoms with van der Waals surface area (Å²) in [7, 11) is 1.52. The molecule has 0 aliphatic heterocycles. The van der Waals surface area contributed by atoms with Gasteiger partial charge in [-0.1, -0.05) is 32.4 Å². The number of aromatic nitrogens is 2. The van der Waals surface area contributed by atoms with E-state index in [1.165, 1.54) is 18.4 Å². The van der Waals surface area contributed by atoms with Crippen LogP contribution in [0.2, 0.25) is 5.02 Å². The van der Waals surface area contributed by atoms with Crippen LogP contribution < -0.4 is 9.54 Å². The molecule has 0 atom stereocenters. The molecule has 0 N–H and O–H groups in total.